The van der Waals surface area contributed by atoms with Crippen LogP contribution in [0.25, 0.3) is 0 Å². The van der Waals surface area contributed by atoms with Crippen molar-refractivity contribution in [1.29, 1.82) is 0 Å². The van der Waals surface area contributed by atoms with Crippen molar-refractivity contribution in [1.82, 2.24) is 0 Å². The molecule has 1 aromatic heterocycles. The van der Waals surface area contributed by atoms with Crippen molar-refractivity contribution in [3.05, 3.63) is 34.3 Å². The van der Waals surface area contributed by atoms with Crippen molar-refractivity contribution in [3.63, 3.8) is 0 Å². The second kappa shape index (κ2) is 3.67. The fraction of sp³-hybridized carbons (Fsp3) is 0.467. The smallest absolute Gasteiger partial charge is 0.202 e. The van der Waals surface area contributed by atoms with E-state index in [2.05, 4.69) is 0 Å². The number of aryl methyl sites for hydroxylation is 1. The largest absolute Gasteiger partial charge is 0.460 e. The van der Waals surface area contributed by atoms with Crippen LogP contribution in [0.3, 0.4) is 0 Å². The van der Waals surface area contributed by atoms with Crippen molar-refractivity contribution in [3.8, 4) is 0 Å². The highest BCUT2D eigenvalue weighted by atomic mass is 16.3. The van der Waals surface area contributed by atoms with E-state index in [1.54, 1.807) is 0 Å². The van der Waals surface area contributed by atoms with Gasteiger partial charge in [-0.1, -0.05) is 12.5 Å². The van der Waals surface area contributed by atoms with Gasteiger partial charge in [0.1, 0.15) is 0 Å². The van der Waals surface area contributed by atoms with Crippen LogP contribution in [0.15, 0.2) is 21.8 Å². The zero-order valence-electron chi connectivity index (χ0n) is 10.9. The van der Waals surface area contributed by atoms with Gasteiger partial charge >= 0.3 is 0 Å². The Morgan fingerprint density at radius 2 is 2.00 bits per heavy atom. The van der Waals surface area contributed by atoms with Crippen molar-refractivity contribution in [2.24, 2.45) is 11.8 Å². The maximum absolute atomic E-state index is 12.6. The molecule has 0 spiro atoms. The number of fused-ring (bicyclic) bond motifs is 2. The minimum absolute atomic E-state index is 0.00829. The molecule has 0 bridgehead atoms. The van der Waals surface area contributed by atoms with E-state index in [9.17, 15) is 9.59 Å². The monoisotopic (exact) mass is 244 g/mol. The lowest BCUT2D eigenvalue weighted by Crippen LogP contribution is -2.19. The Bertz CT molecular complexity index is 589. The zero-order valence-corrected chi connectivity index (χ0v) is 10.9. The summed E-state index contributed by atoms with van der Waals surface area (Å²) < 4.78 is 5.33. The molecule has 0 aliphatic heterocycles. The summed E-state index contributed by atoms with van der Waals surface area (Å²) in [6.07, 6.45) is 3.34. The first-order chi connectivity index (χ1) is 8.52. The van der Waals surface area contributed by atoms with E-state index in [-0.39, 0.29) is 29.2 Å². The SMILES string of the molecule is CC1=C2C(=O)c3c(C)coc3C(=O)C(C)C2CC1. The molecule has 3 nitrogen and oxygen atoms in total. The molecule has 2 atom stereocenters. The molecule has 0 N–H and O–H groups in total. The average molecular weight is 244 g/mol. The highest BCUT2D eigenvalue weighted by Crippen LogP contribution is 2.43. The van der Waals surface area contributed by atoms with Crippen LogP contribution in [0, 0.1) is 18.8 Å². The zero-order chi connectivity index (χ0) is 13.0. The number of furan rings is 1. The third kappa shape index (κ3) is 1.30. The summed E-state index contributed by atoms with van der Waals surface area (Å²) in [4.78, 5) is 25.0. The summed E-state index contributed by atoms with van der Waals surface area (Å²) in [6, 6.07) is 0. The van der Waals surface area contributed by atoms with Crippen molar-refractivity contribution < 1.29 is 14.0 Å². The third-order valence-electron chi connectivity index (χ3n) is 4.35. The van der Waals surface area contributed by atoms with Gasteiger partial charge in [-0.15, -0.1) is 0 Å². The minimum Gasteiger partial charge on any atom is -0.460 e. The standard InChI is InChI=1S/C15H16O3/c1-7-4-5-10-9(3)13(16)15-12(8(2)6-18-15)14(17)11(7)10/h6,9-10H,4-5H2,1-3H3. The number of hydrogen-bond donors (Lipinski definition) is 0. The number of allylic oxidation sites excluding steroid dienone is 2. The maximum atomic E-state index is 12.6. The minimum atomic E-state index is -0.159. The average Bonchev–Trinajstić information content (AvgIpc) is 2.88. The molecule has 3 rings (SSSR count). The number of carbonyl (C=O) groups excluding carboxylic acids is 2. The van der Waals surface area contributed by atoms with Crippen molar-refractivity contribution in [2.75, 3.05) is 0 Å². The lowest BCUT2D eigenvalue weighted by Gasteiger charge is -2.16. The molecular weight excluding hydrogens is 228 g/mol. The predicted molar refractivity (Wildman–Crippen MR) is 66.7 cm³/mol. The summed E-state index contributed by atoms with van der Waals surface area (Å²) in [5.41, 5.74) is 3.26. The molecule has 2 unspecified atom stereocenters. The Hall–Kier alpha value is -1.64. The molecule has 0 radical (unpaired) electrons. The Morgan fingerprint density at radius 3 is 2.72 bits per heavy atom. The fourth-order valence-electron chi connectivity index (χ4n) is 3.26. The normalized spacial score (nSPS) is 27.3. The number of Topliss-reactive ketones (excluding diaryl/α,β-unsaturated/α-hetero) is 2. The predicted octanol–water partition coefficient (Wildman–Crippen LogP) is 3.33. The van der Waals surface area contributed by atoms with E-state index in [0.29, 0.717) is 5.56 Å². The van der Waals surface area contributed by atoms with E-state index in [4.69, 9.17) is 4.42 Å². The molecule has 18 heavy (non-hydrogen) atoms. The first-order valence-electron chi connectivity index (χ1n) is 6.39. The number of hydrogen-bond acceptors (Lipinski definition) is 3. The van der Waals surface area contributed by atoms with Gasteiger partial charge in [-0.2, -0.15) is 0 Å². The van der Waals surface area contributed by atoms with Crippen LogP contribution in [0.2, 0.25) is 0 Å². The van der Waals surface area contributed by atoms with Gasteiger partial charge < -0.3 is 4.42 Å². The number of carbonyl (C=O) groups is 2. The summed E-state index contributed by atoms with van der Waals surface area (Å²) in [5, 5.41) is 0. The van der Waals surface area contributed by atoms with Crippen LogP contribution in [0.4, 0.5) is 0 Å². The molecule has 0 amide bonds. The molecule has 1 aromatic rings. The maximum Gasteiger partial charge on any atom is 0.202 e. The molecule has 0 aromatic carbocycles. The fourth-order valence-corrected chi connectivity index (χ4v) is 3.26. The van der Waals surface area contributed by atoms with Gasteiger partial charge in [0.15, 0.2) is 11.5 Å². The van der Waals surface area contributed by atoms with E-state index in [0.717, 1.165) is 29.6 Å². The topological polar surface area (TPSA) is 47.3 Å². The van der Waals surface area contributed by atoms with Crippen LogP contribution in [-0.2, 0) is 0 Å². The van der Waals surface area contributed by atoms with Gasteiger partial charge in [-0.25, -0.2) is 0 Å². The summed E-state index contributed by atoms with van der Waals surface area (Å²) in [6.45, 7) is 5.74. The summed E-state index contributed by atoms with van der Waals surface area (Å²) in [7, 11) is 0. The van der Waals surface area contributed by atoms with E-state index < -0.39 is 0 Å². The second-order valence-corrected chi connectivity index (χ2v) is 5.44. The van der Waals surface area contributed by atoms with Gasteiger partial charge in [0.05, 0.1) is 11.8 Å². The Labute approximate surface area is 106 Å². The van der Waals surface area contributed by atoms with E-state index >= 15 is 0 Å². The summed E-state index contributed by atoms with van der Waals surface area (Å²) >= 11 is 0. The first kappa shape index (κ1) is 11.5. The molecule has 0 saturated carbocycles. The molecular formula is C15H16O3. The van der Waals surface area contributed by atoms with Gasteiger partial charge in [-0.3, -0.25) is 9.59 Å². The van der Waals surface area contributed by atoms with Gasteiger partial charge in [-0.05, 0) is 38.2 Å². The molecule has 0 saturated heterocycles. The molecule has 1 heterocycles. The quantitative estimate of drug-likeness (QED) is 0.703. The van der Waals surface area contributed by atoms with Gasteiger partial charge in [0, 0.05) is 11.5 Å². The highest BCUT2D eigenvalue weighted by molar-refractivity contribution is 6.18. The molecule has 3 heteroatoms. The Morgan fingerprint density at radius 1 is 1.28 bits per heavy atom. The van der Waals surface area contributed by atoms with E-state index in [1.165, 1.54) is 6.26 Å². The molecule has 0 fully saturated rings. The van der Waals surface area contributed by atoms with Crippen LogP contribution >= 0.6 is 0 Å². The van der Waals surface area contributed by atoms with Crippen LogP contribution in [0.1, 0.15) is 53.2 Å². The van der Waals surface area contributed by atoms with E-state index in [1.807, 2.05) is 20.8 Å². The molecule has 2 aliphatic carbocycles. The van der Waals surface area contributed by atoms with Gasteiger partial charge in [0.2, 0.25) is 5.78 Å². The van der Waals surface area contributed by atoms with Crippen LogP contribution in [0.5, 0.6) is 0 Å². The number of ketones is 2. The Balaban J connectivity index is 2.28. The van der Waals surface area contributed by atoms with Crippen molar-refractivity contribution >= 4 is 11.6 Å². The van der Waals surface area contributed by atoms with Gasteiger partial charge in [0.25, 0.3) is 0 Å². The van der Waals surface area contributed by atoms with Crippen molar-refractivity contribution in [2.45, 2.75) is 33.6 Å². The third-order valence-corrected chi connectivity index (χ3v) is 4.35. The second-order valence-electron chi connectivity index (χ2n) is 5.44. The first-order valence-corrected chi connectivity index (χ1v) is 6.39. The summed E-state index contributed by atoms with van der Waals surface area (Å²) in [5.74, 6) is 0.162. The molecule has 2 aliphatic rings. The van der Waals surface area contributed by atoms with Crippen LogP contribution < -0.4 is 0 Å². The molecule has 94 valence electrons. The highest BCUT2D eigenvalue weighted by Gasteiger charge is 2.43. The number of rotatable bonds is 0. The lowest BCUT2D eigenvalue weighted by molar-refractivity contribution is 0.0874. The lowest BCUT2D eigenvalue weighted by atomic mass is 9.85. The van der Waals surface area contributed by atoms with Crippen LogP contribution in [-0.4, -0.2) is 11.6 Å². The Kier molecular flexibility index (Phi) is 2.34.